The number of ether oxygens (including phenoxy) is 1. The molecule has 1 N–H and O–H groups in total. The Kier molecular flexibility index (Phi) is 5.35. The van der Waals surface area contributed by atoms with Gasteiger partial charge in [0.25, 0.3) is 11.6 Å². The number of nitrogens with zero attached hydrogens (tertiary/aromatic N) is 3. The molecule has 0 atom stereocenters. The van der Waals surface area contributed by atoms with Gasteiger partial charge in [-0.25, -0.2) is 0 Å². The van der Waals surface area contributed by atoms with E-state index >= 15 is 0 Å². The summed E-state index contributed by atoms with van der Waals surface area (Å²) in [6.07, 6.45) is 0. The van der Waals surface area contributed by atoms with Gasteiger partial charge in [0.05, 0.1) is 12.0 Å². The molecule has 3 rings (SSSR count). The molecule has 27 heavy (non-hydrogen) atoms. The molecule has 1 heterocycles. The zero-order chi connectivity index (χ0) is 19.4. The van der Waals surface area contributed by atoms with Gasteiger partial charge in [-0.05, 0) is 18.2 Å². The Morgan fingerprint density at radius 3 is 2.70 bits per heavy atom. The first-order valence-corrected chi connectivity index (χ1v) is 8.47. The first-order valence-electron chi connectivity index (χ1n) is 8.47. The van der Waals surface area contributed by atoms with Crippen LogP contribution in [0.15, 0.2) is 47.0 Å². The molecule has 0 aliphatic heterocycles. The fourth-order valence-corrected chi connectivity index (χ4v) is 2.59. The predicted octanol–water partition coefficient (Wildman–Crippen LogP) is 4.39. The van der Waals surface area contributed by atoms with Gasteiger partial charge in [-0.1, -0.05) is 37.2 Å². The van der Waals surface area contributed by atoms with E-state index in [1.165, 1.54) is 6.07 Å². The van der Waals surface area contributed by atoms with Crippen LogP contribution in [0.2, 0.25) is 0 Å². The van der Waals surface area contributed by atoms with Crippen molar-refractivity contribution in [1.29, 1.82) is 0 Å². The molecule has 3 aromatic rings. The molecule has 0 unspecified atom stereocenters. The van der Waals surface area contributed by atoms with Crippen LogP contribution in [0.25, 0.3) is 11.5 Å². The first-order chi connectivity index (χ1) is 13.0. The average molecular weight is 368 g/mol. The summed E-state index contributed by atoms with van der Waals surface area (Å²) in [7, 11) is 1.59. The molecule has 0 saturated carbocycles. The van der Waals surface area contributed by atoms with Crippen LogP contribution in [0.5, 0.6) is 5.75 Å². The molecule has 0 fully saturated rings. The number of anilines is 1. The number of para-hydroxylation sites is 1. The third-order valence-corrected chi connectivity index (χ3v) is 4.06. The van der Waals surface area contributed by atoms with Crippen molar-refractivity contribution in [3.05, 3.63) is 64.0 Å². The summed E-state index contributed by atoms with van der Waals surface area (Å²) in [6.45, 7) is 4.28. The first kappa shape index (κ1) is 18.4. The number of hydrogen-bond acceptors (Lipinski definition) is 7. The highest BCUT2D eigenvalue weighted by Gasteiger charge is 2.19. The van der Waals surface area contributed by atoms with Crippen molar-refractivity contribution in [2.45, 2.75) is 26.3 Å². The third kappa shape index (κ3) is 4.05. The standard InChI is InChI=1S/C19H20N4O4/c1-12(2)18-21-19(27-22-18)13-8-9-15(16(10-13)23(24)25)20-11-14-6-4-5-7-17(14)26-3/h4-10,12,20H,11H2,1-3H3. The third-order valence-electron chi connectivity index (χ3n) is 4.06. The number of aromatic nitrogens is 2. The van der Waals surface area contributed by atoms with E-state index in [1.54, 1.807) is 19.2 Å². The van der Waals surface area contributed by atoms with Gasteiger partial charge in [-0.15, -0.1) is 0 Å². The molecule has 0 aliphatic rings. The molecule has 8 nitrogen and oxygen atoms in total. The lowest BCUT2D eigenvalue weighted by molar-refractivity contribution is -0.383. The molecule has 8 heteroatoms. The fraction of sp³-hybridized carbons (Fsp3) is 0.263. The Hall–Kier alpha value is -3.42. The molecule has 0 aliphatic carbocycles. The number of rotatable bonds is 7. The summed E-state index contributed by atoms with van der Waals surface area (Å²) in [6, 6.07) is 12.3. The van der Waals surface area contributed by atoms with Crippen molar-refractivity contribution in [1.82, 2.24) is 10.1 Å². The molecule has 0 spiro atoms. The average Bonchev–Trinajstić information content (AvgIpc) is 3.17. The molecular formula is C19H20N4O4. The number of methoxy groups -OCH3 is 1. The van der Waals surface area contributed by atoms with Gasteiger partial charge < -0.3 is 14.6 Å². The SMILES string of the molecule is COc1ccccc1CNc1ccc(-c2nc(C(C)C)no2)cc1[N+](=O)[O-]. The van der Waals surface area contributed by atoms with Crippen molar-refractivity contribution in [2.75, 3.05) is 12.4 Å². The summed E-state index contributed by atoms with van der Waals surface area (Å²) in [5.41, 5.74) is 1.74. The monoisotopic (exact) mass is 368 g/mol. The molecule has 0 amide bonds. The maximum Gasteiger partial charge on any atom is 0.293 e. The van der Waals surface area contributed by atoms with Crippen molar-refractivity contribution in [3.63, 3.8) is 0 Å². The van der Waals surface area contributed by atoms with Crippen molar-refractivity contribution in [3.8, 4) is 17.2 Å². The Labute approximate surface area is 156 Å². The second-order valence-electron chi connectivity index (χ2n) is 6.27. The minimum absolute atomic E-state index is 0.0632. The van der Waals surface area contributed by atoms with Gasteiger partial charge in [0.1, 0.15) is 11.4 Å². The summed E-state index contributed by atoms with van der Waals surface area (Å²) in [5.74, 6) is 1.65. The van der Waals surface area contributed by atoms with Crippen LogP contribution < -0.4 is 10.1 Å². The van der Waals surface area contributed by atoms with E-state index < -0.39 is 4.92 Å². The smallest absolute Gasteiger partial charge is 0.293 e. The van der Waals surface area contributed by atoms with E-state index in [9.17, 15) is 10.1 Å². The molecule has 1 aromatic heterocycles. The maximum atomic E-state index is 11.5. The number of nitrogens with one attached hydrogen (secondary N) is 1. The van der Waals surface area contributed by atoms with Gasteiger partial charge in [-0.2, -0.15) is 4.98 Å². The number of hydrogen-bond donors (Lipinski definition) is 1. The van der Waals surface area contributed by atoms with E-state index in [0.29, 0.717) is 23.6 Å². The van der Waals surface area contributed by atoms with Crippen molar-refractivity contribution in [2.24, 2.45) is 0 Å². The van der Waals surface area contributed by atoms with Gasteiger partial charge in [-0.3, -0.25) is 10.1 Å². The Balaban J connectivity index is 1.86. The zero-order valence-corrected chi connectivity index (χ0v) is 15.3. The van der Waals surface area contributed by atoms with Crippen LogP contribution in [0, 0.1) is 10.1 Å². The van der Waals surface area contributed by atoms with Crippen LogP contribution >= 0.6 is 0 Å². The number of nitro groups is 1. The quantitative estimate of drug-likeness (QED) is 0.487. The maximum absolute atomic E-state index is 11.5. The van der Waals surface area contributed by atoms with Gasteiger partial charge in [0.2, 0.25) is 0 Å². The summed E-state index contributed by atoms with van der Waals surface area (Å²) < 4.78 is 10.5. The lowest BCUT2D eigenvalue weighted by Crippen LogP contribution is -2.04. The minimum Gasteiger partial charge on any atom is -0.496 e. The highest BCUT2D eigenvalue weighted by Crippen LogP contribution is 2.31. The molecule has 140 valence electrons. The highest BCUT2D eigenvalue weighted by atomic mass is 16.6. The molecule has 0 bridgehead atoms. The predicted molar refractivity (Wildman–Crippen MR) is 101 cm³/mol. The second-order valence-corrected chi connectivity index (χ2v) is 6.27. The lowest BCUT2D eigenvalue weighted by Gasteiger charge is -2.11. The summed E-state index contributed by atoms with van der Waals surface area (Å²) in [4.78, 5) is 15.4. The van der Waals surface area contributed by atoms with E-state index in [2.05, 4.69) is 15.5 Å². The molecule has 2 aromatic carbocycles. The van der Waals surface area contributed by atoms with E-state index in [4.69, 9.17) is 9.26 Å². The fourth-order valence-electron chi connectivity index (χ4n) is 2.59. The molecule has 0 saturated heterocycles. The molecular weight excluding hydrogens is 348 g/mol. The van der Waals surface area contributed by atoms with Gasteiger partial charge >= 0.3 is 0 Å². The number of benzene rings is 2. The van der Waals surface area contributed by atoms with E-state index in [-0.39, 0.29) is 17.5 Å². The van der Waals surface area contributed by atoms with Crippen LogP contribution in [-0.4, -0.2) is 22.2 Å². The molecule has 0 radical (unpaired) electrons. The summed E-state index contributed by atoms with van der Waals surface area (Å²) in [5, 5.41) is 18.5. The van der Waals surface area contributed by atoms with Crippen LogP contribution in [-0.2, 0) is 6.54 Å². The highest BCUT2D eigenvalue weighted by molar-refractivity contribution is 5.70. The Bertz CT molecular complexity index is 952. The Morgan fingerprint density at radius 1 is 1.26 bits per heavy atom. The van der Waals surface area contributed by atoms with Crippen LogP contribution in [0.1, 0.15) is 31.2 Å². The van der Waals surface area contributed by atoms with Crippen LogP contribution in [0.3, 0.4) is 0 Å². The zero-order valence-electron chi connectivity index (χ0n) is 15.3. The largest absolute Gasteiger partial charge is 0.496 e. The number of nitro benzene ring substituents is 1. The van der Waals surface area contributed by atoms with E-state index in [1.807, 2.05) is 38.1 Å². The van der Waals surface area contributed by atoms with Crippen molar-refractivity contribution >= 4 is 11.4 Å². The summed E-state index contributed by atoms with van der Waals surface area (Å²) >= 11 is 0. The van der Waals surface area contributed by atoms with Gasteiger partial charge in [0.15, 0.2) is 5.82 Å². The minimum atomic E-state index is -0.437. The van der Waals surface area contributed by atoms with Crippen LogP contribution in [0.4, 0.5) is 11.4 Å². The second kappa shape index (κ2) is 7.86. The topological polar surface area (TPSA) is 103 Å². The Morgan fingerprint density at radius 2 is 2.04 bits per heavy atom. The van der Waals surface area contributed by atoms with E-state index in [0.717, 1.165) is 11.3 Å². The van der Waals surface area contributed by atoms with Gasteiger partial charge in [0, 0.05) is 29.7 Å². The normalized spacial score (nSPS) is 10.8. The van der Waals surface area contributed by atoms with Crippen molar-refractivity contribution < 1.29 is 14.2 Å². The lowest BCUT2D eigenvalue weighted by atomic mass is 10.1.